The lowest BCUT2D eigenvalue weighted by molar-refractivity contribution is -0.121. The fourth-order valence-electron chi connectivity index (χ4n) is 3.97. The number of carbonyl (C=O) groups is 2. The highest BCUT2D eigenvalue weighted by Gasteiger charge is 2.35. The summed E-state index contributed by atoms with van der Waals surface area (Å²) in [4.78, 5) is 24.4. The molecule has 0 saturated carbocycles. The minimum atomic E-state index is -3.83. The highest BCUT2D eigenvalue weighted by Crippen LogP contribution is 2.35. The van der Waals surface area contributed by atoms with Crippen molar-refractivity contribution in [3.63, 3.8) is 0 Å². The molecular formula is C22H25N3O5S. The molecular weight excluding hydrogens is 418 g/mol. The van der Waals surface area contributed by atoms with Crippen molar-refractivity contribution in [2.75, 3.05) is 30.3 Å². The molecule has 2 aliphatic heterocycles. The zero-order valence-electron chi connectivity index (χ0n) is 17.5. The lowest BCUT2D eigenvalue weighted by atomic mass is 9.98. The number of nitrogens with zero attached hydrogens (tertiary/aromatic N) is 1. The van der Waals surface area contributed by atoms with E-state index in [9.17, 15) is 18.0 Å². The number of amides is 2. The van der Waals surface area contributed by atoms with Gasteiger partial charge in [-0.15, -0.1) is 0 Å². The second kappa shape index (κ2) is 8.32. The van der Waals surface area contributed by atoms with Crippen molar-refractivity contribution in [3.05, 3.63) is 47.5 Å². The van der Waals surface area contributed by atoms with Gasteiger partial charge >= 0.3 is 0 Å². The van der Waals surface area contributed by atoms with Gasteiger partial charge in [0.1, 0.15) is 5.75 Å². The molecule has 31 heavy (non-hydrogen) atoms. The highest BCUT2D eigenvalue weighted by molar-refractivity contribution is 7.89. The Morgan fingerprint density at radius 1 is 1.23 bits per heavy atom. The van der Waals surface area contributed by atoms with Crippen LogP contribution in [0.3, 0.4) is 0 Å². The fourth-order valence-corrected chi connectivity index (χ4v) is 5.72. The van der Waals surface area contributed by atoms with Crippen molar-refractivity contribution in [1.82, 2.24) is 4.31 Å². The fraction of sp³-hybridized carbons (Fsp3) is 0.364. The predicted octanol–water partition coefficient (Wildman–Crippen LogP) is 2.67. The SMILES string of the molecule is Cc1cccc(NC(=O)C2CCCN(S(=O)(=O)c3cc4c(cc3C)NC(=O)CO4)C2)c1. The van der Waals surface area contributed by atoms with Crippen molar-refractivity contribution in [3.8, 4) is 5.75 Å². The number of benzene rings is 2. The molecule has 2 aromatic rings. The first-order valence-corrected chi connectivity index (χ1v) is 11.6. The number of piperidine rings is 1. The van der Waals surface area contributed by atoms with Crippen LogP contribution < -0.4 is 15.4 Å². The molecule has 2 aliphatic rings. The zero-order chi connectivity index (χ0) is 22.2. The van der Waals surface area contributed by atoms with E-state index >= 15 is 0 Å². The molecule has 4 rings (SSSR count). The second-order valence-corrected chi connectivity index (χ2v) is 9.92. The van der Waals surface area contributed by atoms with Gasteiger partial charge in [-0.1, -0.05) is 12.1 Å². The van der Waals surface area contributed by atoms with Gasteiger partial charge in [0.2, 0.25) is 15.9 Å². The third-order valence-corrected chi connectivity index (χ3v) is 7.58. The maximum absolute atomic E-state index is 13.4. The molecule has 8 nitrogen and oxygen atoms in total. The molecule has 2 aromatic carbocycles. The van der Waals surface area contributed by atoms with Crippen molar-refractivity contribution in [2.45, 2.75) is 31.6 Å². The summed E-state index contributed by atoms with van der Waals surface area (Å²) >= 11 is 0. The van der Waals surface area contributed by atoms with Gasteiger partial charge in [0, 0.05) is 24.8 Å². The monoisotopic (exact) mass is 443 g/mol. The van der Waals surface area contributed by atoms with Crippen molar-refractivity contribution >= 4 is 33.2 Å². The van der Waals surface area contributed by atoms with Crippen LogP contribution in [0.2, 0.25) is 0 Å². The summed E-state index contributed by atoms with van der Waals surface area (Å²) in [6, 6.07) is 10.6. The lowest BCUT2D eigenvalue weighted by Gasteiger charge is -2.32. The Kier molecular flexibility index (Phi) is 5.72. The second-order valence-electron chi connectivity index (χ2n) is 8.01. The van der Waals surface area contributed by atoms with Crippen LogP contribution in [0.4, 0.5) is 11.4 Å². The van der Waals surface area contributed by atoms with Crippen LogP contribution in [0.5, 0.6) is 5.75 Å². The summed E-state index contributed by atoms with van der Waals surface area (Å²) in [6.45, 7) is 3.94. The first kappa shape index (κ1) is 21.3. The predicted molar refractivity (Wildman–Crippen MR) is 117 cm³/mol. The van der Waals surface area contributed by atoms with E-state index in [4.69, 9.17) is 4.74 Å². The Balaban J connectivity index is 1.53. The molecule has 1 saturated heterocycles. The van der Waals surface area contributed by atoms with Crippen LogP contribution in [0, 0.1) is 19.8 Å². The van der Waals surface area contributed by atoms with Gasteiger partial charge in [0.15, 0.2) is 6.61 Å². The van der Waals surface area contributed by atoms with E-state index in [0.717, 1.165) is 5.56 Å². The number of hydrogen-bond donors (Lipinski definition) is 2. The van der Waals surface area contributed by atoms with Gasteiger partial charge in [0.25, 0.3) is 5.91 Å². The van der Waals surface area contributed by atoms with Gasteiger partial charge in [0.05, 0.1) is 16.5 Å². The molecule has 2 N–H and O–H groups in total. The van der Waals surface area contributed by atoms with Crippen LogP contribution in [-0.2, 0) is 19.6 Å². The Hall–Kier alpha value is -2.91. The van der Waals surface area contributed by atoms with E-state index in [2.05, 4.69) is 10.6 Å². The van der Waals surface area contributed by atoms with Crippen molar-refractivity contribution < 1.29 is 22.7 Å². The van der Waals surface area contributed by atoms with E-state index in [-0.39, 0.29) is 29.9 Å². The van der Waals surface area contributed by atoms with Gasteiger partial charge in [-0.2, -0.15) is 4.31 Å². The van der Waals surface area contributed by atoms with Crippen LogP contribution in [0.25, 0.3) is 0 Å². The number of fused-ring (bicyclic) bond motifs is 1. The Bertz CT molecular complexity index is 1150. The lowest BCUT2D eigenvalue weighted by Crippen LogP contribution is -2.43. The van der Waals surface area contributed by atoms with E-state index in [0.29, 0.717) is 42.1 Å². The van der Waals surface area contributed by atoms with E-state index in [1.165, 1.54) is 10.4 Å². The number of sulfonamides is 1. The third kappa shape index (κ3) is 4.42. The van der Waals surface area contributed by atoms with Gasteiger partial charge in [-0.3, -0.25) is 9.59 Å². The number of carbonyl (C=O) groups excluding carboxylic acids is 2. The molecule has 2 heterocycles. The van der Waals surface area contributed by atoms with Crippen molar-refractivity contribution in [1.29, 1.82) is 0 Å². The maximum Gasteiger partial charge on any atom is 0.262 e. The van der Waals surface area contributed by atoms with E-state index in [1.54, 1.807) is 13.0 Å². The minimum Gasteiger partial charge on any atom is -0.482 e. The summed E-state index contributed by atoms with van der Waals surface area (Å²) in [5.74, 6) is -0.563. The molecule has 2 amide bonds. The summed E-state index contributed by atoms with van der Waals surface area (Å²) in [5, 5.41) is 5.58. The van der Waals surface area contributed by atoms with E-state index in [1.807, 2.05) is 31.2 Å². The normalized spacial score (nSPS) is 19.2. The number of anilines is 2. The van der Waals surface area contributed by atoms with Crippen molar-refractivity contribution in [2.24, 2.45) is 5.92 Å². The van der Waals surface area contributed by atoms with Gasteiger partial charge in [-0.25, -0.2) is 8.42 Å². The highest BCUT2D eigenvalue weighted by atomic mass is 32.2. The van der Waals surface area contributed by atoms with Crippen LogP contribution >= 0.6 is 0 Å². The number of nitrogens with one attached hydrogen (secondary N) is 2. The van der Waals surface area contributed by atoms with Crippen LogP contribution in [0.15, 0.2) is 41.3 Å². The number of aryl methyl sites for hydroxylation is 2. The molecule has 164 valence electrons. The molecule has 9 heteroatoms. The molecule has 0 radical (unpaired) electrons. The van der Waals surface area contributed by atoms with Gasteiger partial charge < -0.3 is 15.4 Å². The smallest absolute Gasteiger partial charge is 0.262 e. The Labute approximate surface area is 181 Å². The Morgan fingerprint density at radius 3 is 2.81 bits per heavy atom. The molecule has 1 unspecified atom stereocenters. The molecule has 0 spiro atoms. The molecule has 0 bridgehead atoms. The molecule has 1 atom stereocenters. The topological polar surface area (TPSA) is 105 Å². The molecule has 0 aromatic heterocycles. The van der Waals surface area contributed by atoms with E-state index < -0.39 is 15.9 Å². The zero-order valence-corrected chi connectivity index (χ0v) is 18.3. The summed E-state index contributed by atoms with van der Waals surface area (Å²) in [5.41, 5.74) is 2.71. The third-order valence-electron chi connectivity index (χ3n) is 5.57. The number of hydrogen-bond acceptors (Lipinski definition) is 5. The quantitative estimate of drug-likeness (QED) is 0.756. The molecule has 1 fully saturated rings. The summed E-state index contributed by atoms with van der Waals surface area (Å²) < 4.78 is 33.5. The number of rotatable bonds is 4. The standard InChI is InChI=1S/C22H25N3O5S/c1-14-5-3-7-17(9-14)23-22(27)16-6-4-8-25(12-16)31(28,29)20-11-19-18(10-15(20)2)24-21(26)13-30-19/h3,5,7,9-11,16H,4,6,8,12-13H2,1-2H3,(H,23,27)(H,24,26). The first-order chi connectivity index (χ1) is 14.7. The largest absolute Gasteiger partial charge is 0.482 e. The maximum atomic E-state index is 13.4. The van der Waals surface area contributed by atoms with Gasteiger partial charge in [-0.05, 0) is 56.0 Å². The minimum absolute atomic E-state index is 0.119. The first-order valence-electron chi connectivity index (χ1n) is 10.2. The average Bonchev–Trinajstić information content (AvgIpc) is 2.73. The molecule has 0 aliphatic carbocycles. The summed E-state index contributed by atoms with van der Waals surface area (Å²) in [6.07, 6.45) is 1.23. The average molecular weight is 444 g/mol. The van der Waals surface area contributed by atoms with Crippen LogP contribution in [0.1, 0.15) is 24.0 Å². The Morgan fingerprint density at radius 2 is 2.03 bits per heavy atom. The summed E-state index contributed by atoms with van der Waals surface area (Å²) in [7, 11) is -3.83. The number of ether oxygens (including phenoxy) is 1. The van der Waals surface area contributed by atoms with Crippen LogP contribution in [-0.4, -0.2) is 44.2 Å².